The predicted octanol–water partition coefficient (Wildman–Crippen LogP) is 2.26. The molecule has 0 aromatic heterocycles. The van der Waals surface area contributed by atoms with Crippen LogP contribution in [0.15, 0.2) is 30.4 Å². The van der Waals surface area contributed by atoms with Crippen molar-refractivity contribution in [3.63, 3.8) is 0 Å². The van der Waals surface area contributed by atoms with E-state index >= 15 is 0 Å². The summed E-state index contributed by atoms with van der Waals surface area (Å²) in [6.45, 7) is 3.48. The van der Waals surface area contributed by atoms with Crippen molar-refractivity contribution >= 4 is 17.8 Å². The van der Waals surface area contributed by atoms with Crippen LogP contribution in [0.4, 0.5) is 0 Å². The molecule has 2 amide bonds. The Labute approximate surface area is 152 Å². The number of carbonyl (C=O) groups excluding carboxylic acids is 3. The van der Waals surface area contributed by atoms with E-state index in [0.29, 0.717) is 17.6 Å². The number of allylic oxidation sites excluding steroid dienone is 2. The highest BCUT2D eigenvalue weighted by molar-refractivity contribution is 6.08. The summed E-state index contributed by atoms with van der Waals surface area (Å²) in [6, 6.07) is 5.62. The first kappa shape index (κ1) is 15.8. The van der Waals surface area contributed by atoms with Crippen LogP contribution >= 0.6 is 0 Å². The molecule has 1 heterocycles. The SMILES string of the molecule is Cc1ccc(C)c(OC(=O)CN2C(=O)[C@@H]3[C@@H]4C=C[C@H]([C@@H]5C[C@H]45)[C@@H]3C2=O)c1. The second-order valence-corrected chi connectivity index (χ2v) is 8.16. The minimum absolute atomic E-state index is 0.173. The summed E-state index contributed by atoms with van der Waals surface area (Å²) in [4.78, 5) is 39.3. The van der Waals surface area contributed by atoms with Crippen LogP contribution in [0.25, 0.3) is 0 Å². The van der Waals surface area contributed by atoms with Gasteiger partial charge in [-0.3, -0.25) is 14.5 Å². The first-order valence-electron chi connectivity index (χ1n) is 9.27. The van der Waals surface area contributed by atoms with Crippen molar-refractivity contribution in [3.8, 4) is 5.75 Å². The number of hydrogen-bond donors (Lipinski definition) is 0. The molecule has 4 aliphatic carbocycles. The number of aryl methyl sites for hydroxylation is 2. The van der Waals surface area contributed by atoms with Crippen LogP contribution in [0.1, 0.15) is 17.5 Å². The van der Waals surface area contributed by atoms with Crippen LogP contribution in [0, 0.1) is 49.4 Å². The first-order valence-corrected chi connectivity index (χ1v) is 9.27. The Balaban J connectivity index is 1.34. The lowest BCUT2D eigenvalue weighted by atomic mass is 9.63. The van der Waals surface area contributed by atoms with Crippen LogP contribution in [0.3, 0.4) is 0 Å². The molecule has 0 spiro atoms. The number of imide groups is 1. The molecule has 1 saturated heterocycles. The Bertz CT molecular complexity index is 837. The summed E-state index contributed by atoms with van der Waals surface area (Å²) in [5, 5.41) is 0. The molecule has 0 radical (unpaired) electrons. The van der Waals surface area contributed by atoms with E-state index in [4.69, 9.17) is 4.74 Å². The lowest BCUT2D eigenvalue weighted by molar-refractivity contribution is -0.148. The van der Waals surface area contributed by atoms with Gasteiger partial charge in [-0.05, 0) is 61.1 Å². The molecule has 5 heteroatoms. The van der Waals surface area contributed by atoms with Crippen molar-refractivity contribution in [2.75, 3.05) is 6.54 Å². The van der Waals surface area contributed by atoms with Crippen molar-refractivity contribution in [3.05, 3.63) is 41.5 Å². The number of hydrogen-bond acceptors (Lipinski definition) is 4. The number of carbonyl (C=O) groups is 3. The van der Waals surface area contributed by atoms with Gasteiger partial charge >= 0.3 is 5.97 Å². The summed E-state index contributed by atoms with van der Waals surface area (Å²) in [7, 11) is 0. The number of rotatable bonds is 3. The van der Waals surface area contributed by atoms with Crippen molar-refractivity contribution in [1.82, 2.24) is 4.90 Å². The van der Waals surface area contributed by atoms with Crippen LogP contribution in [0.5, 0.6) is 5.75 Å². The highest BCUT2D eigenvalue weighted by atomic mass is 16.5. The van der Waals surface area contributed by atoms with Gasteiger partial charge in [-0.15, -0.1) is 0 Å². The van der Waals surface area contributed by atoms with E-state index in [-0.39, 0.29) is 42.0 Å². The van der Waals surface area contributed by atoms with E-state index in [1.165, 1.54) is 0 Å². The van der Waals surface area contributed by atoms with Crippen LogP contribution in [-0.2, 0) is 14.4 Å². The Morgan fingerprint density at radius 2 is 1.69 bits per heavy atom. The Morgan fingerprint density at radius 3 is 2.31 bits per heavy atom. The third kappa shape index (κ3) is 2.12. The number of benzene rings is 1. The van der Waals surface area contributed by atoms with Gasteiger partial charge < -0.3 is 4.74 Å². The molecule has 3 fully saturated rings. The quantitative estimate of drug-likeness (QED) is 0.363. The van der Waals surface area contributed by atoms with Gasteiger partial charge in [-0.25, -0.2) is 4.79 Å². The Morgan fingerprint density at radius 1 is 1.08 bits per heavy atom. The van der Waals surface area contributed by atoms with E-state index in [1.54, 1.807) is 6.07 Å². The maximum Gasteiger partial charge on any atom is 0.331 e. The first-order chi connectivity index (χ1) is 12.5. The summed E-state index contributed by atoms with van der Waals surface area (Å²) < 4.78 is 5.44. The molecule has 5 aliphatic rings. The zero-order chi connectivity index (χ0) is 18.2. The van der Waals surface area contributed by atoms with Gasteiger partial charge in [0.2, 0.25) is 11.8 Å². The predicted molar refractivity (Wildman–Crippen MR) is 93.0 cm³/mol. The average Bonchev–Trinajstić information content (AvgIpc) is 3.39. The number of nitrogens with zero attached hydrogens (tertiary/aromatic N) is 1. The fraction of sp³-hybridized carbons (Fsp3) is 0.476. The Hall–Kier alpha value is -2.43. The highest BCUT2D eigenvalue weighted by Crippen LogP contribution is 2.65. The molecule has 6 atom stereocenters. The molecule has 0 N–H and O–H groups in total. The van der Waals surface area contributed by atoms with Crippen molar-refractivity contribution in [2.45, 2.75) is 20.3 Å². The molecular weight excluding hydrogens is 330 g/mol. The molecule has 1 aromatic carbocycles. The maximum absolute atomic E-state index is 12.9. The summed E-state index contributed by atoms with van der Waals surface area (Å²) >= 11 is 0. The molecule has 6 rings (SSSR count). The fourth-order valence-electron chi connectivity index (χ4n) is 5.28. The van der Waals surface area contributed by atoms with Gasteiger partial charge in [0.25, 0.3) is 0 Å². The number of esters is 1. The van der Waals surface area contributed by atoms with E-state index < -0.39 is 5.97 Å². The van der Waals surface area contributed by atoms with E-state index in [2.05, 4.69) is 12.2 Å². The standard InChI is InChI=1S/C21H21NO4/c1-10-3-4-11(2)16(7-10)26-17(23)9-22-20(24)18-12-5-6-13(15-8-14(12)15)19(18)21(22)25/h3-7,12-15,18-19H,8-9H2,1-2H3/t12-,13-,14-,15+,18-,19+/m1/s1. The third-order valence-electron chi connectivity index (χ3n) is 6.61. The summed E-state index contributed by atoms with van der Waals surface area (Å²) in [6.07, 6.45) is 5.39. The van der Waals surface area contributed by atoms with Gasteiger partial charge in [0.05, 0.1) is 11.8 Å². The summed E-state index contributed by atoms with van der Waals surface area (Å²) in [5.74, 6) is 0.460. The fourth-order valence-corrected chi connectivity index (χ4v) is 5.28. The second kappa shape index (κ2) is 5.29. The lowest BCUT2D eigenvalue weighted by Crippen LogP contribution is -2.40. The maximum atomic E-state index is 12.9. The Kier molecular flexibility index (Phi) is 3.21. The van der Waals surface area contributed by atoms with E-state index in [1.807, 2.05) is 26.0 Å². The molecule has 1 aromatic rings. The largest absolute Gasteiger partial charge is 0.425 e. The van der Waals surface area contributed by atoms with Gasteiger partial charge in [0.15, 0.2) is 0 Å². The van der Waals surface area contributed by atoms with Gasteiger partial charge in [0, 0.05) is 0 Å². The molecule has 5 nitrogen and oxygen atoms in total. The zero-order valence-electron chi connectivity index (χ0n) is 14.8. The van der Waals surface area contributed by atoms with Crippen LogP contribution in [0.2, 0.25) is 0 Å². The van der Waals surface area contributed by atoms with Crippen molar-refractivity contribution < 1.29 is 19.1 Å². The number of amides is 2. The smallest absolute Gasteiger partial charge is 0.331 e. The molecule has 0 unspecified atom stereocenters. The van der Waals surface area contributed by atoms with Gasteiger partial charge in [0.1, 0.15) is 12.3 Å². The van der Waals surface area contributed by atoms with Crippen molar-refractivity contribution in [1.29, 1.82) is 0 Å². The summed E-state index contributed by atoms with van der Waals surface area (Å²) in [5.41, 5.74) is 1.83. The number of likely N-dealkylation sites (tertiary alicyclic amines) is 1. The minimum Gasteiger partial charge on any atom is -0.425 e. The zero-order valence-corrected chi connectivity index (χ0v) is 14.8. The molecule has 134 valence electrons. The molecule has 1 aliphatic heterocycles. The minimum atomic E-state index is -0.565. The van der Waals surface area contributed by atoms with Crippen molar-refractivity contribution in [2.24, 2.45) is 35.5 Å². The van der Waals surface area contributed by atoms with Crippen LogP contribution in [-0.4, -0.2) is 29.2 Å². The topological polar surface area (TPSA) is 63.7 Å². The third-order valence-corrected chi connectivity index (χ3v) is 6.61. The second-order valence-electron chi connectivity index (χ2n) is 8.16. The number of ether oxygens (including phenoxy) is 1. The van der Waals surface area contributed by atoms with Gasteiger partial charge in [-0.1, -0.05) is 24.3 Å². The van der Waals surface area contributed by atoms with Crippen LogP contribution < -0.4 is 4.74 Å². The van der Waals surface area contributed by atoms with E-state index in [9.17, 15) is 14.4 Å². The average molecular weight is 351 g/mol. The lowest BCUT2D eigenvalue weighted by Gasteiger charge is -2.37. The highest BCUT2D eigenvalue weighted by Gasteiger charge is 2.67. The van der Waals surface area contributed by atoms with E-state index in [0.717, 1.165) is 22.4 Å². The molecule has 26 heavy (non-hydrogen) atoms. The normalized spacial score (nSPS) is 36.2. The molecule has 2 saturated carbocycles. The monoisotopic (exact) mass is 351 g/mol. The molecular formula is C21H21NO4. The van der Waals surface area contributed by atoms with Gasteiger partial charge in [-0.2, -0.15) is 0 Å². The molecule has 2 bridgehead atoms.